The average molecular weight is 386 g/mol. The van der Waals surface area contributed by atoms with E-state index < -0.39 is 6.10 Å². The summed E-state index contributed by atoms with van der Waals surface area (Å²) in [6.45, 7) is 7.16. The molecule has 152 valence electrons. The largest absolute Gasteiger partial charge is 0.497 e. The molecule has 0 heterocycles. The summed E-state index contributed by atoms with van der Waals surface area (Å²) in [5.74, 6) is 1.56. The maximum absolute atomic E-state index is 12.0. The van der Waals surface area contributed by atoms with Gasteiger partial charge in [0.15, 0.2) is 6.10 Å². The lowest BCUT2D eigenvalue weighted by atomic mass is 10.0. The molecule has 2 aromatic carbocycles. The molecule has 5 heteroatoms. The lowest BCUT2D eigenvalue weighted by Crippen LogP contribution is -2.28. The summed E-state index contributed by atoms with van der Waals surface area (Å²) in [5.41, 5.74) is 2.17. The highest BCUT2D eigenvalue weighted by atomic mass is 16.6. The summed E-state index contributed by atoms with van der Waals surface area (Å²) in [4.78, 5) is 12.0. The second kappa shape index (κ2) is 11.3. The molecule has 0 radical (unpaired) electrons. The van der Waals surface area contributed by atoms with Crippen LogP contribution >= 0.6 is 0 Å². The van der Waals surface area contributed by atoms with Crippen molar-refractivity contribution in [2.45, 2.75) is 39.2 Å². The molecule has 2 aromatic rings. The fourth-order valence-electron chi connectivity index (χ4n) is 2.85. The fourth-order valence-corrected chi connectivity index (χ4v) is 2.85. The minimum atomic E-state index is -0.579. The summed E-state index contributed by atoms with van der Waals surface area (Å²) in [7, 11) is 1.67. The van der Waals surface area contributed by atoms with Gasteiger partial charge in [-0.15, -0.1) is 0 Å². The summed E-state index contributed by atoms with van der Waals surface area (Å²) in [6, 6.07) is 15.8. The van der Waals surface area contributed by atoms with Crippen molar-refractivity contribution in [3.63, 3.8) is 0 Å². The van der Waals surface area contributed by atoms with Crippen LogP contribution < -0.4 is 9.47 Å². The van der Waals surface area contributed by atoms with Gasteiger partial charge < -0.3 is 18.9 Å². The summed E-state index contributed by atoms with van der Waals surface area (Å²) in [6.07, 6.45) is -0.0996. The van der Waals surface area contributed by atoms with E-state index in [1.165, 1.54) is 5.56 Å². The predicted octanol–water partition coefficient (Wildman–Crippen LogP) is 4.39. The molecule has 0 saturated heterocycles. The molecule has 0 aliphatic heterocycles. The molecule has 0 aliphatic carbocycles. The monoisotopic (exact) mass is 386 g/mol. The smallest absolute Gasteiger partial charge is 0.335 e. The van der Waals surface area contributed by atoms with E-state index in [0.717, 1.165) is 17.1 Å². The zero-order valence-electron chi connectivity index (χ0n) is 17.1. The molecule has 1 unspecified atom stereocenters. The molecule has 0 N–H and O–H groups in total. The molecule has 0 saturated carbocycles. The molecule has 2 rings (SSSR count). The molecular formula is C23H30O5. The number of hydrogen-bond donors (Lipinski definition) is 0. The van der Waals surface area contributed by atoms with Crippen molar-refractivity contribution in [2.75, 3.05) is 26.9 Å². The number of ether oxygens (including phenoxy) is 4. The zero-order chi connectivity index (χ0) is 20.4. The highest BCUT2D eigenvalue weighted by Gasteiger charge is 2.20. The zero-order valence-corrected chi connectivity index (χ0v) is 17.1. The van der Waals surface area contributed by atoms with E-state index in [0.29, 0.717) is 26.2 Å². The van der Waals surface area contributed by atoms with Crippen LogP contribution in [0, 0.1) is 0 Å². The van der Waals surface area contributed by atoms with Gasteiger partial charge in [-0.05, 0) is 49.2 Å². The molecular weight excluding hydrogens is 356 g/mol. The van der Waals surface area contributed by atoms with Gasteiger partial charge in [-0.2, -0.15) is 0 Å². The normalized spacial score (nSPS) is 12.9. The van der Waals surface area contributed by atoms with Crippen LogP contribution in [0.5, 0.6) is 11.5 Å². The van der Waals surface area contributed by atoms with E-state index in [2.05, 4.69) is 13.0 Å². The molecule has 28 heavy (non-hydrogen) atoms. The Hall–Kier alpha value is -2.53. The lowest BCUT2D eigenvalue weighted by molar-refractivity contribution is -0.156. The third kappa shape index (κ3) is 6.57. The van der Waals surface area contributed by atoms with E-state index in [9.17, 15) is 4.79 Å². The maximum atomic E-state index is 12.0. The first-order valence-corrected chi connectivity index (χ1v) is 9.71. The number of methoxy groups -OCH3 is 1. The predicted molar refractivity (Wildman–Crippen MR) is 109 cm³/mol. The van der Waals surface area contributed by atoms with Gasteiger partial charge in [0.1, 0.15) is 11.5 Å². The number of hydrogen-bond acceptors (Lipinski definition) is 5. The van der Waals surface area contributed by atoms with Crippen LogP contribution in [-0.2, 0) is 20.7 Å². The Morgan fingerprint density at radius 3 is 2.39 bits per heavy atom. The van der Waals surface area contributed by atoms with Crippen molar-refractivity contribution in [1.29, 1.82) is 0 Å². The molecule has 0 spiro atoms. The lowest BCUT2D eigenvalue weighted by Gasteiger charge is -2.16. The van der Waals surface area contributed by atoms with Crippen LogP contribution in [0.25, 0.3) is 0 Å². The topological polar surface area (TPSA) is 54.0 Å². The quantitative estimate of drug-likeness (QED) is 0.536. The fraction of sp³-hybridized carbons (Fsp3) is 0.435. The van der Waals surface area contributed by atoms with Crippen molar-refractivity contribution in [3.05, 3.63) is 59.7 Å². The third-order valence-electron chi connectivity index (χ3n) is 4.42. The first-order chi connectivity index (χ1) is 13.6. The van der Waals surface area contributed by atoms with Gasteiger partial charge in [0.25, 0.3) is 0 Å². The second-order valence-corrected chi connectivity index (χ2v) is 6.53. The Morgan fingerprint density at radius 2 is 1.75 bits per heavy atom. The van der Waals surface area contributed by atoms with Gasteiger partial charge in [0.05, 0.1) is 20.3 Å². The molecule has 0 aromatic heterocycles. The van der Waals surface area contributed by atoms with Crippen LogP contribution in [0.2, 0.25) is 0 Å². The Balaban J connectivity index is 1.91. The van der Waals surface area contributed by atoms with Gasteiger partial charge in [-0.1, -0.05) is 31.2 Å². The van der Waals surface area contributed by atoms with Crippen molar-refractivity contribution in [2.24, 2.45) is 0 Å². The number of rotatable bonds is 11. The van der Waals surface area contributed by atoms with E-state index >= 15 is 0 Å². The highest BCUT2D eigenvalue weighted by Crippen LogP contribution is 2.22. The maximum Gasteiger partial charge on any atom is 0.335 e. The minimum Gasteiger partial charge on any atom is -0.497 e. The summed E-state index contributed by atoms with van der Waals surface area (Å²) in [5, 5.41) is 0. The number of benzene rings is 2. The number of carbonyl (C=O) groups excluding carboxylic acids is 1. The first-order valence-electron chi connectivity index (χ1n) is 9.71. The van der Waals surface area contributed by atoms with E-state index in [1.54, 1.807) is 14.0 Å². The third-order valence-corrected chi connectivity index (χ3v) is 4.42. The molecule has 0 amide bonds. The Morgan fingerprint density at radius 1 is 1.00 bits per heavy atom. The Labute approximate surface area is 167 Å². The second-order valence-electron chi connectivity index (χ2n) is 6.53. The van der Waals surface area contributed by atoms with Crippen LogP contribution in [0.4, 0.5) is 0 Å². The molecule has 0 fully saturated rings. The molecule has 0 bridgehead atoms. The van der Waals surface area contributed by atoms with Crippen molar-refractivity contribution in [1.82, 2.24) is 0 Å². The van der Waals surface area contributed by atoms with Gasteiger partial charge in [0, 0.05) is 18.9 Å². The van der Waals surface area contributed by atoms with Crippen LogP contribution in [0.1, 0.15) is 37.8 Å². The molecule has 0 aliphatic rings. The van der Waals surface area contributed by atoms with Crippen molar-refractivity contribution < 1.29 is 23.7 Å². The minimum absolute atomic E-state index is 0.237. The Kier molecular flexibility index (Phi) is 8.82. The van der Waals surface area contributed by atoms with Crippen molar-refractivity contribution >= 4 is 5.97 Å². The van der Waals surface area contributed by atoms with Crippen LogP contribution in [0.3, 0.4) is 0 Å². The highest BCUT2D eigenvalue weighted by molar-refractivity contribution is 5.75. The van der Waals surface area contributed by atoms with Crippen molar-refractivity contribution in [3.8, 4) is 11.5 Å². The SMILES string of the molecule is CCOC(=O)[C@H](Cc1ccc(OCC(C)c2cccc(OC)c2)cc1)OCC. The van der Waals surface area contributed by atoms with E-state index in [4.69, 9.17) is 18.9 Å². The standard InChI is InChI=1S/C23H30O5/c1-5-26-22(23(24)27-6-2)14-18-10-12-20(13-11-18)28-16-17(3)19-8-7-9-21(15-19)25-4/h7-13,15,17,22H,5-6,14,16H2,1-4H3/t17?,22-/m0/s1. The average Bonchev–Trinajstić information content (AvgIpc) is 2.72. The Bertz CT molecular complexity index is 726. The number of carbonyl (C=O) groups is 1. The van der Waals surface area contributed by atoms with Gasteiger partial charge in [0.2, 0.25) is 0 Å². The summed E-state index contributed by atoms with van der Waals surface area (Å²) >= 11 is 0. The first kappa shape index (κ1) is 21.8. The molecule has 2 atom stereocenters. The van der Waals surface area contributed by atoms with Gasteiger partial charge >= 0.3 is 5.97 Å². The van der Waals surface area contributed by atoms with E-state index in [-0.39, 0.29) is 11.9 Å². The van der Waals surface area contributed by atoms with E-state index in [1.807, 2.05) is 49.4 Å². The summed E-state index contributed by atoms with van der Waals surface area (Å²) < 4.78 is 21.8. The number of esters is 1. The van der Waals surface area contributed by atoms with Crippen LogP contribution in [0.15, 0.2) is 48.5 Å². The van der Waals surface area contributed by atoms with Crippen LogP contribution in [-0.4, -0.2) is 39.0 Å². The molecule has 5 nitrogen and oxygen atoms in total. The van der Waals surface area contributed by atoms with Gasteiger partial charge in [-0.3, -0.25) is 0 Å². The van der Waals surface area contributed by atoms with Gasteiger partial charge in [-0.25, -0.2) is 4.79 Å².